The van der Waals surface area contributed by atoms with Gasteiger partial charge in [0.1, 0.15) is 17.7 Å². The summed E-state index contributed by atoms with van der Waals surface area (Å²) in [5, 5.41) is 10.5. The van der Waals surface area contributed by atoms with Crippen LogP contribution in [0.4, 0.5) is 5.82 Å². The van der Waals surface area contributed by atoms with Crippen LogP contribution in [0.5, 0.6) is 0 Å². The van der Waals surface area contributed by atoms with E-state index >= 15 is 0 Å². The van der Waals surface area contributed by atoms with Gasteiger partial charge < -0.3 is 9.47 Å². The number of benzene rings is 1. The molecular formula is C19H19N5. The van der Waals surface area contributed by atoms with E-state index in [1.54, 1.807) is 0 Å². The first kappa shape index (κ1) is 14.7. The van der Waals surface area contributed by atoms with E-state index in [0.717, 1.165) is 48.6 Å². The first-order chi connectivity index (χ1) is 11.8. The Labute approximate surface area is 141 Å². The highest BCUT2D eigenvalue weighted by molar-refractivity contribution is 5.83. The third kappa shape index (κ3) is 2.50. The van der Waals surface area contributed by atoms with Gasteiger partial charge in [-0.15, -0.1) is 0 Å². The molecule has 120 valence electrons. The Hall–Kier alpha value is -2.87. The van der Waals surface area contributed by atoms with Crippen molar-refractivity contribution in [3.05, 3.63) is 54.1 Å². The van der Waals surface area contributed by atoms with E-state index in [1.165, 1.54) is 0 Å². The third-order valence-electron chi connectivity index (χ3n) is 4.65. The van der Waals surface area contributed by atoms with Crippen LogP contribution in [0.15, 0.2) is 42.7 Å². The minimum atomic E-state index is 0.573. The van der Waals surface area contributed by atoms with Gasteiger partial charge in [-0.3, -0.25) is 0 Å². The summed E-state index contributed by atoms with van der Waals surface area (Å²) in [4.78, 5) is 11.3. The predicted octanol–water partition coefficient (Wildman–Crippen LogP) is 3.00. The zero-order chi connectivity index (χ0) is 16.5. The monoisotopic (exact) mass is 317 g/mol. The van der Waals surface area contributed by atoms with Crippen LogP contribution in [0.25, 0.3) is 10.9 Å². The molecule has 24 heavy (non-hydrogen) atoms. The molecule has 0 aliphatic carbocycles. The topological polar surface area (TPSA) is 57.7 Å². The van der Waals surface area contributed by atoms with Crippen LogP contribution >= 0.6 is 0 Å². The summed E-state index contributed by atoms with van der Waals surface area (Å²) in [6, 6.07) is 12.2. The number of hydrogen-bond acceptors (Lipinski definition) is 4. The normalized spacial score (nSPS) is 14.6. The second-order valence-electron chi connectivity index (χ2n) is 6.28. The first-order valence-corrected chi connectivity index (χ1v) is 8.33. The van der Waals surface area contributed by atoms with Crippen LogP contribution in [0.1, 0.15) is 18.3 Å². The lowest BCUT2D eigenvalue weighted by Crippen LogP contribution is -2.49. The van der Waals surface area contributed by atoms with E-state index in [1.807, 2.05) is 36.5 Å². The Morgan fingerprint density at radius 3 is 2.92 bits per heavy atom. The summed E-state index contributed by atoms with van der Waals surface area (Å²) < 4.78 is 2.24. The van der Waals surface area contributed by atoms with Gasteiger partial charge in [0.05, 0.1) is 11.1 Å². The van der Waals surface area contributed by atoms with Gasteiger partial charge in [0.2, 0.25) is 0 Å². The summed E-state index contributed by atoms with van der Waals surface area (Å²) in [6.45, 7) is 4.97. The number of pyridine rings is 1. The average molecular weight is 317 g/mol. The van der Waals surface area contributed by atoms with Crippen LogP contribution in [0.2, 0.25) is 0 Å². The number of aromatic nitrogens is 3. The van der Waals surface area contributed by atoms with Gasteiger partial charge >= 0.3 is 0 Å². The fourth-order valence-corrected chi connectivity index (χ4v) is 3.39. The molecule has 2 aromatic heterocycles. The van der Waals surface area contributed by atoms with Crippen LogP contribution in [0.3, 0.4) is 0 Å². The van der Waals surface area contributed by atoms with E-state index in [0.29, 0.717) is 11.5 Å². The predicted molar refractivity (Wildman–Crippen MR) is 93.8 cm³/mol. The fourth-order valence-electron chi connectivity index (χ4n) is 3.39. The van der Waals surface area contributed by atoms with Crippen molar-refractivity contribution in [3.63, 3.8) is 0 Å². The number of para-hydroxylation sites is 1. The molecule has 0 radical (unpaired) electrons. The van der Waals surface area contributed by atoms with Gasteiger partial charge in [-0.2, -0.15) is 5.26 Å². The van der Waals surface area contributed by atoms with Crippen molar-refractivity contribution >= 4 is 16.7 Å². The van der Waals surface area contributed by atoms with Crippen molar-refractivity contribution in [2.75, 3.05) is 18.0 Å². The maximum atomic E-state index is 9.46. The first-order valence-electron chi connectivity index (χ1n) is 8.33. The van der Waals surface area contributed by atoms with Gasteiger partial charge in [0, 0.05) is 49.8 Å². The summed E-state index contributed by atoms with van der Waals surface area (Å²) in [5.74, 6) is 2.52. The molecular weight excluding hydrogens is 298 g/mol. The molecule has 0 unspecified atom stereocenters. The highest BCUT2D eigenvalue weighted by Crippen LogP contribution is 2.29. The molecule has 4 rings (SSSR count). The van der Waals surface area contributed by atoms with Crippen LogP contribution in [0, 0.1) is 17.2 Å². The largest absolute Gasteiger partial charge is 0.355 e. The van der Waals surface area contributed by atoms with E-state index < -0.39 is 0 Å². The van der Waals surface area contributed by atoms with Gasteiger partial charge in [0.25, 0.3) is 0 Å². The standard InChI is InChI=1S/C19H19N5/c1-2-18-21-7-8-23(18)11-14-12-24(13-14)19-16(10-20)9-15-5-3-4-6-17(15)22-19/h3-9,14H,2,11-13H2,1H3. The van der Waals surface area contributed by atoms with Crippen LogP contribution in [-0.4, -0.2) is 27.6 Å². The van der Waals surface area contributed by atoms with Crippen molar-refractivity contribution in [2.24, 2.45) is 5.92 Å². The third-order valence-corrected chi connectivity index (χ3v) is 4.65. The van der Waals surface area contributed by atoms with E-state index in [2.05, 4.69) is 33.6 Å². The summed E-state index contributed by atoms with van der Waals surface area (Å²) in [7, 11) is 0. The molecule has 3 heterocycles. The van der Waals surface area contributed by atoms with Crippen molar-refractivity contribution in [2.45, 2.75) is 19.9 Å². The number of nitriles is 1. The minimum absolute atomic E-state index is 0.573. The van der Waals surface area contributed by atoms with E-state index in [-0.39, 0.29) is 0 Å². The molecule has 0 bridgehead atoms. The average Bonchev–Trinajstić information content (AvgIpc) is 3.03. The smallest absolute Gasteiger partial charge is 0.147 e. The number of anilines is 1. The number of fused-ring (bicyclic) bond motifs is 1. The molecule has 0 amide bonds. The summed E-state index contributed by atoms with van der Waals surface area (Å²) >= 11 is 0. The van der Waals surface area contributed by atoms with E-state index in [9.17, 15) is 5.26 Å². The number of rotatable bonds is 4. The zero-order valence-electron chi connectivity index (χ0n) is 13.7. The van der Waals surface area contributed by atoms with Crippen molar-refractivity contribution in [1.29, 1.82) is 5.26 Å². The Kier molecular flexibility index (Phi) is 3.66. The zero-order valence-corrected chi connectivity index (χ0v) is 13.7. The van der Waals surface area contributed by atoms with Gasteiger partial charge in [-0.1, -0.05) is 25.1 Å². The Bertz CT molecular complexity index is 915. The minimum Gasteiger partial charge on any atom is -0.355 e. The van der Waals surface area contributed by atoms with Crippen molar-refractivity contribution < 1.29 is 0 Å². The molecule has 1 aromatic carbocycles. The van der Waals surface area contributed by atoms with Gasteiger partial charge in [-0.05, 0) is 12.1 Å². The lowest BCUT2D eigenvalue weighted by atomic mass is 9.99. The molecule has 5 nitrogen and oxygen atoms in total. The summed E-state index contributed by atoms with van der Waals surface area (Å²) in [5.41, 5.74) is 1.60. The molecule has 1 fully saturated rings. The van der Waals surface area contributed by atoms with E-state index in [4.69, 9.17) is 4.98 Å². The maximum absolute atomic E-state index is 9.46. The highest BCUT2D eigenvalue weighted by atomic mass is 15.3. The SMILES string of the molecule is CCc1nccn1CC1CN(c2nc3ccccc3cc2C#N)C1. The van der Waals surface area contributed by atoms with Crippen LogP contribution < -0.4 is 4.90 Å². The number of hydrogen-bond donors (Lipinski definition) is 0. The van der Waals surface area contributed by atoms with Crippen molar-refractivity contribution in [1.82, 2.24) is 14.5 Å². The lowest BCUT2D eigenvalue weighted by Gasteiger charge is -2.41. The fraction of sp³-hybridized carbons (Fsp3) is 0.316. The summed E-state index contributed by atoms with van der Waals surface area (Å²) in [6.07, 6.45) is 4.87. The number of aryl methyl sites for hydroxylation is 1. The van der Waals surface area contributed by atoms with Gasteiger partial charge in [0.15, 0.2) is 0 Å². The lowest BCUT2D eigenvalue weighted by molar-refractivity contribution is 0.351. The molecule has 1 aliphatic heterocycles. The Balaban J connectivity index is 1.52. The second kappa shape index (κ2) is 5.97. The number of nitrogens with zero attached hydrogens (tertiary/aromatic N) is 5. The molecule has 3 aromatic rings. The Morgan fingerprint density at radius 2 is 2.12 bits per heavy atom. The second-order valence-corrected chi connectivity index (χ2v) is 6.28. The molecule has 0 atom stereocenters. The van der Waals surface area contributed by atoms with Crippen LogP contribution in [-0.2, 0) is 13.0 Å². The molecule has 1 saturated heterocycles. The van der Waals surface area contributed by atoms with Crippen molar-refractivity contribution in [3.8, 4) is 6.07 Å². The van der Waals surface area contributed by atoms with Gasteiger partial charge in [-0.25, -0.2) is 9.97 Å². The maximum Gasteiger partial charge on any atom is 0.147 e. The molecule has 0 spiro atoms. The molecule has 1 aliphatic rings. The highest BCUT2D eigenvalue weighted by Gasteiger charge is 2.30. The number of imidazole rings is 1. The quantitative estimate of drug-likeness (QED) is 0.742. The molecule has 0 saturated carbocycles. The molecule has 5 heteroatoms. The Morgan fingerprint density at radius 1 is 1.29 bits per heavy atom. The molecule has 0 N–H and O–H groups in total.